The second-order valence-corrected chi connectivity index (χ2v) is 7.50. The predicted octanol–water partition coefficient (Wildman–Crippen LogP) is 4.43. The average Bonchev–Trinajstić information content (AvgIpc) is 2.52. The van der Waals surface area contributed by atoms with Crippen molar-refractivity contribution in [1.82, 2.24) is 4.90 Å². The summed E-state index contributed by atoms with van der Waals surface area (Å²) < 4.78 is 6.49. The molecule has 3 heteroatoms. The first-order valence-corrected chi connectivity index (χ1v) is 8.65. The summed E-state index contributed by atoms with van der Waals surface area (Å²) in [7, 11) is 4.19. The quantitative estimate of drug-likeness (QED) is 0.772. The van der Waals surface area contributed by atoms with Crippen LogP contribution in [0.4, 0.5) is 0 Å². The zero-order chi connectivity index (χ0) is 17.6. The molecule has 0 fully saturated rings. The molecule has 24 heavy (non-hydrogen) atoms. The van der Waals surface area contributed by atoms with Gasteiger partial charge in [0.2, 0.25) is 0 Å². The summed E-state index contributed by atoms with van der Waals surface area (Å²) in [5.74, 6) is 0. The van der Waals surface area contributed by atoms with Crippen LogP contribution in [0.1, 0.15) is 38.9 Å². The molecule has 1 aromatic carbocycles. The summed E-state index contributed by atoms with van der Waals surface area (Å²) in [4.78, 5) is 7.03. The van der Waals surface area contributed by atoms with E-state index < -0.39 is 0 Å². The van der Waals surface area contributed by atoms with E-state index in [-0.39, 0.29) is 17.7 Å². The molecule has 2 rings (SSSR count). The molecular formula is C21H30N2O. The van der Waals surface area contributed by atoms with Gasteiger partial charge in [0.1, 0.15) is 6.10 Å². The van der Waals surface area contributed by atoms with Gasteiger partial charge in [0.05, 0.1) is 17.4 Å². The topological polar surface area (TPSA) is 24.8 Å². The fraction of sp³-hybridized carbons (Fsp3) is 0.476. The van der Waals surface area contributed by atoms with Gasteiger partial charge in [-0.2, -0.15) is 0 Å². The molecule has 0 amide bonds. The van der Waals surface area contributed by atoms with Crippen LogP contribution in [0.3, 0.4) is 0 Å². The average molecular weight is 326 g/mol. The molecule has 2 atom stereocenters. The molecular weight excluding hydrogens is 296 g/mol. The van der Waals surface area contributed by atoms with Gasteiger partial charge in [-0.05, 0) is 59.0 Å². The molecule has 0 heterocycles. The summed E-state index contributed by atoms with van der Waals surface area (Å²) in [6.45, 7) is 7.33. The van der Waals surface area contributed by atoms with Gasteiger partial charge in [-0.25, -0.2) is 0 Å². The Bertz CT molecular complexity index is 594. The van der Waals surface area contributed by atoms with Crippen molar-refractivity contribution in [2.24, 2.45) is 4.99 Å². The molecule has 3 nitrogen and oxygen atoms in total. The van der Waals surface area contributed by atoms with Gasteiger partial charge in [0, 0.05) is 6.54 Å². The highest BCUT2D eigenvalue weighted by Crippen LogP contribution is 2.25. The standard InChI is InChI=1S/C21H30N2O/c1-21(2,3)22-18-13-9-10-14-20(18)24-19(15-16-23(4)5)17-11-7-6-8-12-17/h6-14,19-20H,15-16H2,1-5H3/t19-,20?/m1/s1. The van der Waals surface area contributed by atoms with Crippen LogP contribution in [0.25, 0.3) is 0 Å². The SMILES string of the molecule is CN(C)CC[C@@H](OC1C=CC=CC1=NC(C)(C)C)c1ccccc1. The normalized spacial score (nSPS) is 20.8. The maximum absolute atomic E-state index is 6.49. The molecule has 0 radical (unpaired) electrons. The van der Waals surface area contributed by atoms with Crippen molar-refractivity contribution in [2.45, 2.75) is 44.9 Å². The van der Waals surface area contributed by atoms with E-state index in [1.54, 1.807) is 0 Å². The van der Waals surface area contributed by atoms with Gasteiger partial charge in [-0.15, -0.1) is 0 Å². The molecule has 1 aliphatic carbocycles. The second kappa shape index (κ2) is 8.41. The molecule has 0 N–H and O–H groups in total. The number of aliphatic imine (C=N–C) groups is 1. The Morgan fingerprint density at radius 1 is 1.12 bits per heavy atom. The summed E-state index contributed by atoms with van der Waals surface area (Å²) in [5.41, 5.74) is 2.10. The van der Waals surface area contributed by atoms with Crippen molar-refractivity contribution >= 4 is 5.71 Å². The van der Waals surface area contributed by atoms with E-state index >= 15 is 0 Å². The monoisotopic (exact) mass is 326 g/mol. The minimum Gasteiger partial charge on any atom is -0.360 e. The van der Waals surface area contributed by atoms with Crippen molar-refractivity contribution in [3.63, 3.8) is 0 Å². The number of rotatable bonds is 6. The molecule has 130 valence electrons. The fourth-order valence-electron chi connectivity index (χ4n) is 2.65. The third-order valence-electron chi connectivity index (χ3n) is 3.74. The summed E-state index contributed by atoms with van der Waals surface area (Å²) in [6.07, 6.45) is 9.14. The molecule has 0 saturated heterocycles. The smallest absolute Gasteiger partial charge is 0.118 e. The first kappa shape index (κ1) is 18.6. The third-order valence-corrected chi connectivity index (χ3v) is 3.74. The van der Waals surface area contributed by atoms with Crippen molar-refractivity contribution in [3.8, 4) is 0 Å². The molecule has 0 spiro atoms. The van der Waals surface area contributed by atoms with Gasteiger partial charge in [0.25, 0.3) is 0 Å². The number of nitrogens with zero attached hydrogens (tertiary/aromatic N) is 2. The van der Waals surface area contributed by atoms with E-state index in [0.717, 1.165) is 18.7 Å². The van der Waals surface area contributed by atoms with Crippen LogP contribution < -0.4 is 0 Å². The minimum absolute atomic E-state index is 0.0555. The highest BCUT2D eigenvalue weighted by atomic mass is 16.5. The Kier molecular flexibility index (Phi) is 6.52. The molecule has 0 bridgehead atoms. The summed E-state index contributed by atoms with van der Waals surface area (Å²) in [6, 6.07) is 10.5. The van der Waals surface area contributed by atoms with Gasteiger partial charge < -0.3 is 9.64 Å². The van der Waals surface area contributed by atoms with E-state index in [1.807, 2.05) is 18.2 Å². The van der Waals surface area contributed by atoms with Crippen molar-refractivity contribution < 1.29 is 4.74 Å². The Morgan fingerprint density at radius 3 is 2.46 bits per heavy atom. The molecule has 1 aromatic rings. The maximum atomic E-state index is 6.49. The second-order valence-electron chi connectivity index (χ2n) is 7.50. The lowest BCUT2D eigenvalue weighted by molar-refractivity contribution is 0.0346. The minimum atomic E-state index is -0.113. The van der Waals surface area contributed by atoms with Gasteiger partial charge >= 0.3 is 0 Å². The number of benzene rings is 1. The van der Waals surface area contributed by atoms with Gasteiger partial charge in [-0.1, -0.05) is 42.5 Å². The van der Waals surface area contributed by atoms with E-state index in [2.05, 4.69) is 76.2 Å². The van der Waals surface area contributed by atoms with Gasteiger partial charge in [-0.3, -0.25) is 4.99 Å². The van der Waals surface area contributed by atoms with E-state index in [4.69, 9.17) is 9.73 Å². The van der Waals surface area contributed by atoms with Crippen LogP contribution in [0, 0.1) is 0 Å². The maximum Gasteiger partial charge on any atom is 0.118 e. The van der Waals surface area contributed by atoms with Crippen LogP contribution in [0.5, 0.6) is 0 Å². The van der Waals surface area contributed by atoms with E-state index in [1.165, 1.54) is 5.56 Å². The predicted molar refractivity (Wildman–Crippen MR) is 103 cm³/mol. The van der Waals surface area contributed by atoms with Crippen molar-refractivity contribution in [2.75, 3.05) is 20.6 Å². The number of hydrogen-bond acceptors (Lipinski definition) is 3. The van der Waals surface area contributed by atoms with Gasteiger partial charge in [0.15, 0.2) is 0 Å². The highest BCUT2D eigenvalue weighted by Gasteiger charge is 2.22. The zero-order valence-corrected chi connectivity index (χ0v) is 15.6. The van der Waals surface area contributed by atoms with Crippen molar-refractivity contribution in [1.29, 1.82) is 0 Å². The summed E-state index contributed by atoms with van der Waals surface area (Å²) in [5, 5.41) is 0. The summed E-state index contributed by atoms with van der Waals surface area (Å²) >= 11 is 0. The Labute approximate surface area is 146 Å². The largest absolute Gasteiger partial charge is 0.360 e. The van der Waals surface area contributed by atoms with Crippen LogP contribution >= 0.6 is 0 Å². The first-order valence-electron chi connectivity index (χ1n) is 8.65. The van der Waals surface area contributed by atoms with E-state index in [9.17, 15) is 0 Å². The van der Waals surface area contributed by atoms with Crippen LogP contribution in [-0.2, 0) is 4.74 Å². The molecule has 1 aliphatic rings. The molecule has 0 aromatic heterocycles. The molecule has 0 saturated carbocycles. The van der Waals surface area contributed by atoms with E-state index in [0.29, 0.717) is 0 Å². The lowest BCUT2D eigenvalue weighted by Gasteiger charge is -2.27. The lowest BCUT2D eigenvalue weighted by Crippen LogP contribution is -2.28. The lowest BCUT2D eigenvalue weighted by atomic mass is 10.0. The highest BCUT2D eigenvalue weighted by molar-refractivity contribution is 6.01. The first-order chi connectivity index (χ1) is 11.3. The van der Waals surface area contributed by atoms with Crippen LogP contribution in [0.15, 0.2) is 59.6 Å². The Balaban J connectivity index is 2.19. The Morgan fingerprint density at radius 2 is 1.83 bits per heavy atom. The van der Waals surface area contributed by atoms with Crippen LogP contribution in [0.2, 0.25) is 0 Å². The van der Waals surface area contributed by atoms with Crippen LogP contribution in [-0.4, -0.2) is 42.9 Å². The van der Waals surface area contributed by atoms with Crippen molar-refractivity contribution in [3.05, 3.63) is 60.2 Å². The molecule has 0 aliphatic heterocycles. The zero-order valence-electron chi connectivity index (χ0n) is 15.6. The Hall–Kier alpha value is -1.71. The number of allylic oxidation sites excluding steroid dienone is 2. The molecule has 1 unspecified atom stereocenters. The fourth-order valence-corrected chi connectivity index (χ4v) is 2.65. The number of ether oxygens (including phenoxy) is 1. The third kappa shape index (κ3) is 6.06. The number of hydrogen-bond donors (Lipinski definition) is 0.